The molecular formula is C21H44. The number of hydrogen-bond donors (Lipinski definition) is 0. The Morgan fingerprint density at radius 2 is 0.762 bits per heavy atom. The van der Waals surface area contributed by atoms with Crippen molar-refractivity contribution < 1.29 is 0 Å². The largest absolute Gasteiger partial charge is 0.0776 e. The SMILES string of the molecule is C.CC1CC1C.CC1CCC(C)C1.CC1CCCC(C)C1. The van der Waals surface area contributed by atoms with Crippen molar-refractivity contribution in [1.82, 2.24) is 0 Å². The molecule has 0 aromatic heterocycles. The van der Waals surface area contributed by atoms with Crippen LogP contribution in [0.3, 0.4) is 0 Å². The average Bonchev–Trinajstić information content (AvgIpc) is 2.84. The van der Waals surface area contributed by atoms with Gasteiger partial charge in [0, 0.05) is 0 Å². The van der Waals surface area contributed by atoms with Gasteiger partial charge in [-0.3, -0.25) is 0 Å². The van der Waals surface area contributed by atoms with E-state index in [1.165, 1.54) is 51.4 Å². The molecule has 0 heterocycles. The monoisotopic (exact) mass is 296 g/mol. The lowest BCUT2D eigenvalue weighted by molar-refractivity contribution is 0.301. The van der Waals surface area contributed by atoms with Crippen molar-refractivity contribution in [2.75, 3.05) is 0 Å². The van der Waals surface area contributed by atoms with Gasteiger partial charge in [-0.2, -0.15) is 0 Å². The summed E-state index contributed by atoms with van der Waals surface area (Å²) in [6, 6.07) is 0. The van der Waals surface area contributed by atoms with Crippen LogP contribution in [0.4, 0.5) is 0 Å². The van der Waals surface area contributed by atoms with Crippen LogP contribution < -0.4 is 0 Å². The second kappa shape index (κ2) is 10.7. The molecule has 0 aliphatic heterocycles. The van der Waals surface area contributed by atoms with E-state index in [1.807, 2.05) is 0 Å². The van der Waals surface area contributed by atoms with Gasteiger partial charge in [0.05, 0.1) is 0 Å². The Hall–Kier alpha value is 0. The first-order chi connectivity index (χ1) is 9.38. The van der Waals surface area contributed by atoms with Crippen LogP contribution in [-0.4, -0.2) is 0 Å². The zero-order chi connectivity index (χ0) is 15.1. The van der Waals surface area contributed by atoms with Gasteiger partial charge in [0.2, 0.25) is 0 Å². The van der Waals surface area contributed by atoms with Gasteiger partial charge < -0.3 is 0 Å². The van der Waals surface area contributed by atoms with E-state index in [0.29, 0.717) is 0 Å². The van der Waals surface area contributed by atoms with E-state index in [2.05, 4.69) is 41.5 Å². The lowest BCUT2D eigenvalue weighted by atomic mass is 9.84. The number of hydrogen-bond acceptors (Lipinski definition) is 0. The van der Waals surface area contributed by atoms with Crippen LogP contribution in [0.5, 0.6) is 0 Å². The molecule has 3 aliphatic rings. The average molecular weight is 297 g/mol. The van der Waals surface area contributed by atoms with Crippen LogP contribution >= 0.6 is 0 Å². The molecule has 6 unspecified atom stereocenters. The fraction of sp³-hybridized carbons (Fsp3) is 1.00. The fourth-order valence-electron chi connectivity index (χ4n) is 3.74. The summed E-state index contributed by atoms with van der Waals surface area (Å²) in [6.45, 7) is 14.0. The van der Waals surface area contributed by atoms with Crippen molar-refractivity contribution >= 4 is 0 Å². The van der Waals surface area contributed by atoms with Crippen molar-refractivity contribution in [3.05, 3.63) is 0 Å². The molecule has 0 N–H and O–H groups in total. The van der Waals surface area contributed by atoms with Gasteiger partial charge in [0.1, 0.15) is 0 Å². The maximum atomic E-state index is 2.37. The van der Waals surface area contributed by atoms with E-state index < -0.39 is 0 Å². The molecule has 128 valence electrons. The minimum Gasteiger partial charge on any atom is -0.0776 e. The van der Waals surface area contributed by atoms with Gasteiger partial charge >= 0.3 is 0 Å². The molecule has 0 aromatic carbocycles. The van der Waals surface area contributed by atoms with Gasteiger partial charge in [0.15, 0.2) is 0 Å². The topological polar surface area (TPSA) is 0 Å². The standard InChI is InChI=1S/C8H16.C7H14.C5H10.CH4/c1-7-4-3-5-8(2)6-7;1-6-3-4-7(2)5-6;1-4-3-5(4)2;/h7-8H,3-6H2,1-2H3;6-7H,3-5H2,1-2H3;4-5H,3H2,1-2H3;1H4. The highest BCUT2D eigenvalue weighted by atomic mass is 14.3. The molecule has 0 saturated heterocycles. The molecule has 0 heteroatoms. The van der Waals surface area contributed by atoms with Crippen molar-refractivity contribution in [3.63, 3.8) is 0 Å². The lowest BCUT2D eigenvalue weighted by Crippen LogP contribution is -2.09. The van der Waals surface area contributed by atoms with Gasteiger partial charge in [-0.25, -0.2) is 0 Å². The van der Waals surface area contributed by atoms with Crippen LogP contribution in [0, 0.1) is 35.5 Å². The van der Waals surface area contributed by atoms with E-state index in [9.17, 15) is 0 Å². The highest BCUT2D eigenvalue weighted by Gasteiger charge is 2.26. The minimum atomic E-state index is 0. The molecule has 3 fully saturated rings. The third-order valence-corrected chi connectivity index (χ3v) is 5.67. The highest BCUT2D eigenvalue weighted by molar-refractivity contribution is 4.76. The maximum absolute atomic E-state index is 2.37. The third kappa shape index (κ3) is 10.4. The van der Waals surface area contributed by atoms with E-state index in [0.717, 1.165) is 35.5 Å². The minimum absolute atomic E-state index is 0. The third-order valence-electron chi connectivity index (χ3n) is 5.67. The molecule has 0 amide bonds. The van der Waals surface area contributed by atoms with Gasteiger partial charge in [-0.05, 0) is 54.8 Å². The molecular weight excluding hydrogens is 252 g/mol. The maximum Gasteiger partial charge on any atom is -0.0414 e. The van der Waals surface area contributed by atoms with Crippen LogP contribution in [0.15, 0.2) is 0 Å². The quantitative estimate of drug-likeness (QED) is 0.432. The molecule has 0 spiro atoms. The smallest absolute Gasteiger partial charge is 0.0414 e. The van der Waals surface area contributed by atoms with Crippen molar-refractivity contribution in [2.45, 2.75) is 100 Å². The van der Waals surface area contributed by atoms with E-state index in [-0.39, 0.29) is 7.43 Å². The van der Waals surface area contributed by atoms with Gasteiger partial charge in [-0.1, -0.05) is 81.1 Å². The Kier molecular flexibility index (Phi) is 10.7. The Balaban J connectivity index is 0.000000286. The predicted octanol–water partition coefficient (Wildman–Crippen LogP) is 7.57. The molecule has 3 saturated carbocycles. The molecule has 3 aliphatic carbocycles. The second-order valence-electron chi connectivity index (χ2n) is 8.59. The van der Waals surface area contributed by atoms with Crippen molar-refractivity contribution in [2.24, 2.45) is 35.5 Å². The second-order valence-corrected chi connectivity index (χ2v) is 8.59. The first-order valence-electron chi connectivity index (χ1n) is 9.38. The van der Waals surface area contributed by atoms with Crippen LogP contribution in [0.2, 0.25) is 0 Å². The lowest BCUT2D eigenvalue weighted by Gasteiger charge is -2.22. The van der Waals surface area contributed by atoms with Crippen LogP contribution in [0.1, 0.15) is 100 Å². The summed E-state index contributed by atoms with van der Waals surface area (Å²) in [7, 11) is 0. The van der Waals surface area contributed by atoms with Gasteiger partial charge in [-0.15, -0.1) is 0 Å². The predicted molar refractivity (Wildman–Crippen MR) is 98.7 cm³/mol. The molecule has 3 rings (SSSR count). The van der Waals surface area contributed by atoms with Crippen LogP contribution in [0.25, 0.3) is 0 Å². The first kappa shape index (κ1) is 21.0. The molecule has 0 nitrogen and oxygen atoms in total. The summed E-state index contributed by atoms with van der Waals surface area (Å²) in [5.41, 5.74) is 0. The Labute approximate surface area is 136 Å². The first-order valence-corrected chi connectivity index (χ1v) is 9.38. The zero-order valence-corrected chi connectivity index (χ0v) is 15.1. The molecule has 6 atom stereocenters. The fourth-order valence-corrected chi connectivity index (χ4v) is 3.74. The Morgan fingerprint density at radius 1 is 0.476 bits per heavy atom. The Bertz CT molecular complexity index is 222. The van der Waals surface area contributed by atoms with Crippen molar-refractivity contribution in [3.8, 4) is 0 Å². The van der Waals surface area contributed by atoms with E-state index >= 15 is 0 Å². The summed E-state index contributed by atoms with van der Waals surface area (Å²) < 4.78 is 0. The summed E-state index contributed by atoms with van der Waals surface area (Å²) in [5, 5.41) is 0. The molecule has 0 aromatic rings. The number of rotatable bonds is 0. The molecule has 0 radical (unpaired) electrons. The summed E-state index contributed by atoms with van der Waals surface area (Å²) in [4.78, 5) is 0. The van der Waals surface area contributed by atoms with E-state index in [1.54, 1.807) is 0 Å². The molecule has 0 bridgehead atoms. The highest BCUT2D eigenvalue weighted by Crippen LogP contribution is 2.36. The van der Waals surface area contributed by atoms with E-state index in [4.69, 9.17) is 0 Å². The Morgan fingerprint density at radius 3 is 0.905 bits per heavy atom. The van der Waals surface area contributed by atoms with Crippen molar-refractivity contribution in [1.29, 1.82) is 0 Å². The summed E-state index contributed by atoms with van der Waals surface area (Å²) >= 11 is 0. The van der Waals surface area contributed by atoms with Gasteiger partial charge in [0.25, 0.3) is 0 Å². The molecule has 21 heavy (non-hydrogen) atoms. The summed E-state index contributed by atoms with van der Waals surface area (Å²) in [6.07, 6.45) is 11.8. The zero-order valence-electron chi connectivity index (χ0n) is 15.1. The normalized spacial score (nSPS) is 40.9. The van der Waals surface area contributed by atoms with Crippen LogP contribution in [-0.2, 0) is 0 Å². The summed E-state index contributed by atoms with van der Waals surface area (Å²) in [5.74, 6) is 6.17.